The highest BCUT2D eigenvalue weighted by molar-refractivity contribution is 5.85. The van der Waals surface area contributed by atoms with Gasteiger partial charge in [-0.25, -0.2) is 0 Å². The molecular formula is C20H25ClN2O2. The molecular weight excluding hydrogens is 336 g/mol. The quantitative estimate of drug-likeness (QED) is 0.614. The van der Waals surface area contributed by atoms with E-state index in [0.29, 0.717) is 11.8 Å². The van der Waals surface area contributed by atoms with Crippen LogP contribution in [0, 0.1) is 0 Å². The van der Waals surface area contributed by atoms with Gasteiger partial charge in [-0.3, -0.25) is 4.98 Å². The molecule has 4 nitrogen and oxygen atoms in total. The molecule has 1 unspecified atom stereocenters. The van der Waals surface area contributed by atoms with Crippen molar-refractivity contribution < 1.29 is 9.52 Å². The lowest BCUT2D eigenvalue weighted by molar-refractivity contribution is 0.136. The van der Waals surface area contributed by atoms with E-state index in [0.717, 1.165) is 25.8 Å². The molecule has 134 valence electrons. The van der Waals surface area contributed by atoms with Gasteiger partial charge in [-0.05, 0) is 61.4 Å². The van der Waals surface area contributed by atoms with E-state index in [1.165, 1.54) is 16.3 Å². The first-order valence-electron chi connectivity index (χ1n) is 8.50. The van der Waals surface area contributed by atoms with Crippen LogP contribution < -0.4 is 5.32 Å². The van der Waals surface area contributed by atoms with Gasteiger partial charge in [0.1, 0.15) is 11.9 Å². The smallest absolute Gasteiger partial charge is 0.132 e. The van der Waals surface area contributed by atoms with Crippen LogP contribution >= 0.6 is 12.4 Å². The number of furan rings is 1. The number of hydrogen-bond acceptors (Lipinski definition) is 4. The molecule has 0 aliphatic rings. The van der Waals surface area contributed by atoms with Crippen molar-refractivity contribution in [3.63, 3.8) is 0 Å². The number of rotatable bonds is 8. The van der Waals surface area contributed by atoms with Crippen molar-refractivity contribution in [2.24, 2.45) is 0 Å². The Labute approximate surface area is 154 Å². The van der Waals surface area contributed by atoms with Crippen molar-refractivity contribution in [3.8, 4) is 0 Å². The Morgan fingerprint density at radius 2 is 2.04 bits per heavy atom. The molecule has 25 heavy (non-hydrogen) atoms. The van der Waals surface area contributed by atoms with Crippen LogP contribution in [0.15, 0.2) is 59.5 Å². The second-order valence-electron chi connectivity index (χ2n) is 6.30. The molecule has 5 heteroatoms. The fourth-order valence-corrected chi connectivity index (χ4v) is 2.88. The number of halogens is 1. The van der Waals surface area contributed by atoms with Gasteiger partial charge in [0.25, 0.3) is 0 Å². The van der Waals surface area contributed by atoms with Gasteiger partial charge in [-0.2, -0.15) is 0 Å². The van der Waals surface area contributed by atoms with E-state index in [4.69, 9.17) is 4.42 Å². The first-order chi connectivity index (χ1) is 11.7. The van der Waals surface area contributed by atoms with E-state index in [1.807, 2.05) is 30.6 Å². The number of aliphatic hydroxyl groups excluding tert-OH is 1. The van der Waals surface area contributed by atoms with Crippen LogP contribution in [-0.4, -0.2) is 16.1 Å². The fraction of sp³-hybridized carbons (Fsp3) is 0.350. The zero-order valence-corrected chi connectivity index (χ0v) is 15.2. The topological polar surface area (TPSA) is 58.3 Å². The summed E-state index contributed by atoms with van der Waals surface area (Å²) in [6.45, 7) is 3.03. The maximum Gasteiger partial charge on any atom is 0.132 e. The molecule has 0 aliphatic carbocycles. The largest absolute Gasteiger partial charge is 0.467 e. The SMILES string of the molecule is C[C@H](CCCC(O)c1ccco1)NCc1ccc2cnccc2c1.Cl. The van der Waals surface area contributed by atoms with Gasteiger partial charge >= 0.3 is 0 Å². The molecule has 0 radical (unpaired) electrons. The summed E-state index contributed by atoms with van der Waals surface area (Å²) < 4.78 is 5.22. The van der Waals surface area contributed by atoms with Gasteiger partial charge < -0.3 is 14.8 Å². The van der Waals surface area contributed by atoms with Crippen LogP contribution in [0.1, 0.15) is 43.6 Å². The predicted molar refractivity (Wildman–Crippen MR) is 103 cm³/mol. The predicted octanol–water partition coefficient (Wildman–Crippen LogP) is 4.63. The Morgan fingerprint density at radius 3 is 2.84 bits per heavy atom. The normalized spacial score (nSPS) is 13.4. The van der Waals surface area contributed by atoms with Gasteiger partial charge in [0.2, 0.25) is 0 Å². The summed E-state index contributed by atoms with van der Waals surface area (Å²) in [6, 6.07) is 12.5. The second kappa shape index (κ2) is 9.56. The van der Waals surface area contributed by atoms with Gasteiger partial charge in [0, 0.05) is 30.4 Å². The molecule has 3 aromatic rings. The highest BCUT2D eigenvalue weighted by Gasteiger charge is 2.11. The third-order valence-corrected chi connectivity index (χ3v) is 4.35. The minimum atomic E-state index is -0.499. The summed E-state index contributed by atoms with van der Waals surface area (Å²) in [5.41, 5.74) is 1.27. The first kappa shape index (κ1) is 19.4. The average Bonchev–Trinajstić information content (AvgIpc) is 3.14. The summed E-state index contributed by atoms with van der Waals surface area (Å²) in [7, 11) is 0. The van der Waals surface area contributed by atoms with Crippen molar-refractivity contribution in [1.29, 1.82) is 0 Å². The number of benzene rings is 1. The van der Waals surface area contributed by atoms with Crippen molar-refractivity contribution >= 4 is 23.2 Å². The highest BCUT2D eigenvalue weighted by atomic mass is 35.5. The maximum atomic E-state index is 10.0. The molecule has 0 spiro atoms. The number of aromatic nitrogens is 1. The van der Waals surface area contributed by atoms with Gasteiger partial charge in [-0.1, -0.05) is 12.1 Å². The first-order valence-corrected chi connectivity index (χ1v) is 8.50. The molecule has 0 bridgehead atoms. The lowest BCUT2D eigenvalue weighted by atomic mass is 10.1. The Kier molecular flexibility index (Phi) is 7.44. The van der Waals surface area contributed by atoms with E-state index in [2.05, 4.69) is 35.4 Å². The Bertz CT molecular complexity index is 761. The van der Waals surface area contributed by atoms with E-state index in [1.54, 1.807) is 6.26 Å². The van der Waals surface area contributed by atoms with Crippen molar-refractivity contribution in [3.05, 3.63) is 66.4 Å². The standard InChI is InChI=1S/C20H24N2O2.ClH/c1-15(4-2-5-19(23)20-6-3-11-24-20)22-13-16-7-8-18-14-21-10-9-17(18)12-16;/h3,6-12,14-15,19,22-23H,2,4-5,13H2,1H3;1H/t15-,19?;/m1./s1. The number of nitrogens with zero attached hydrogens (tertiary/aromatic N) is 1. The van der Waals surface area contributed by atoms with Crippen LogP contribution in [0.2, 0.25) is 0 Å². The molecule has 0 amide bonds. The summed E-state index contributed by atoms with van der Waals surface area (Å²) in [5.74, 6) is 0.654. The molecule has 3 rings (SSSR count). The van der Waals surface area contributed by atoms with E-state index in [-0.39, 0.29) is 12.4 Å². The molecule has 2 heterocycles. The molecule has 2 N–H and O–H groups in total. The van der Waals surface area contributed by atoms with Crippen molar-refractivity contribution in [1.82, 2.24) is 10.3 Å². The third kappa shape index (κ3) is 5.56. The number of hydrogen-bond donors (Lipinski definition) is 2. The minimum Gasteiger partial charge on any atom is -0.467 e. The molecule has 2 atom stereocenters. The fourth-order valence-electron chi connectivity index (χ4n) is 2.88. The van der Waals surface area contributed by atoms with E-state index in [9.17, 15) is 5.11 Å². The van der Waals surface area contributed by atoms with Crippen LogP contribution in [-0.2, 0) is 6.54 Å². The number of fused-ring (bicyclic) bond motifs is 1. The van der Waals surface area contributed by atoms with Crippen LogP contribution in [0.3, 0.4) is 0 Å². The third-order valence-electron chi connectivity index (χ3n) is 4.35. The molecule has 0 saturated carbocycles. The van der Waals surface area contributed by atoms with Crippen LogP contribution in [0.5, 0.6) is 0 Å². The van der Waals surface area contributed by atoms with Crippen LogP contribution in [0.25, 0.3) is 10.8 Å². The zero-order chi connectivity index (χ0) is 16.8. The van der Waals surface area contributed by atoms with Gasteiger partial charge in [0.15, 0.2) is 0 Å². The number of aliphatic hydroxyl groups is 1. The maximum absolute atomic E-state index is 10.0. The average molecular weight is 361 g/mol. The monoisotopic (exact) mass is 360 g/mol. The van der Waals surface area contributed by atoms with E-state index >= 15 is 0 Å². The Balaban J connectivity index is 0.00000225. The zero-order valence-electron chi connectivity index (χ0n) is 14.4. The summed E-state index contributed by atoms with van der Waals surface area (Å²) in [6.07, 6.45) is 7.52. The second-order valence-corrected chi connectivity index (χ2v) is 6.30. The molecule has 0 fully saturated rings. The minimum absolute atomic E-state index is 0. The summed E-state index contributed by atoms with van der Waals surface area (Å²) >= 11 is 0. The molecule has 1 aromatic carbocycles. The van der Waals surface area contributed by atoms with Crippen molar-refractivity contribution in [2.75, 3.05) is 0 Å². The van der Waals surface area contributed by atoms with Gasteiger partial charge in [-0.15, -0.1) is 12.4 Å². The van der Waals surface area contributed by atoms with Crippen LogP contribution in [0.4, 0.5) is 0 Å². The highest BCUT2D eigenvalue weighted by Crippen LogP contribution is 2.20. The van der Waals surface area contributed by atoms with Gasteiger partial charge in [0.05, 0.1) is 6.26 Å². The summed E-state index contributed by atoms with van der Waals surface area (Å²) in [5, 5.41) is 16.0. The number of nitrogens with one attached hydrogen (secondary N) is 1. The Morgan fingerprint density at radius 1 is 1.16 bits per heavy atom. The van der Waals surface area contributed by atoms with E-state index < -0.39 is 6.10 Å². The number of pyridine rings is 1. The Hall–Kier alpha value is -1.88. The molecule has 2 aromatic heterocycles. The lowest BCUT2D eigenvalue weighted by Crippen LogP contribution is -2.25. The lowest BCUT2D eigenvalue weighted by Gasteiger charge is -2.15. The molecule has 0 saturated heterocycles. The molecule has 0 aliphatic heterocycles. The summed E-state index contributed by atoms with van der Waals surface area (Å²) in [4.78, 5) is 4.14. The van der Waals surface area contributed by atoms with Crippen molar-refractivity contribution in [2.45, 2.75) is 44.9 Å².